The van der Waals surface area contributed by atoms with Crippen molar-refractivity contribution in [3.8, 4) is 10.6 Å². The average molecular weight is 552 g/mol. The number of aryl methyl sites for hydroxylation is 3. The molecular formula is C34H31O5S+. The van der Waals surface area contributed by atoms with Crippen molar-refractivity contribution in [2.24, 2.45) is 0 Å². The van der Waals surface area contributed by atoms with Crippen LogP contribution in [0.1, 0.15) is 40.5 Å². The number of carbonyl (C=O) groups excluding carboxylic acids is 2. The van der Waals surface area contributed by atoms with Gasteiger partial charge in [0.1, 0.15) is 5.75 Å². The molecule has 0 spiro atoms. The number of esters is 2. The number of hydrogen-bond acceptors (Lipinski definition) is 5. The number of hydrogen-bond donors (Lipinski definition) is 0. The number of benzene rings is 4. The van der Waals surface area contributed by atoms with Crippen LogP contribution in [0.5, 0.6) is 5.75 Å². The highest BCUT2D eigenvalue weighted by Gasteiger charge is 2.46. The summed E-state index contributed by atoms with van der Waals surface area (Å²) in [5.74, 6) is -1.82. The highest BCUT2D eigenvalue weighted by Crippen LogP contribution is 2.49. The predicted octanol–water partition coefficient (Wildman–Crippen LogP) is 8.08. The molecule has 0 aliphatic carbocycles. The first-order valence-corrected chi connectivity index (χ1v) is 14.6. The van der Waals surface area contributed by atoms with E-state index in [0.29, 0.717) is 11.3 Å². The monoisotopic (exact) mass is 551 g/mol. The predicted molar refractivity (Wildman–Crippen MR) is 159 cm³/mol. The van der Waals surface area contributed by atoms with Crippen molar-refractivity contribution in [1.82, 2.24) is 0 Å². The highest BCUT2D eigenvalue weighted by molar-refractivity contribution is 7.45. The average Bonchev–Trinajstić information content (AvgIpc) is 3.38. The molecule has 0 radical (unpaired) electrons. The summed E-state index contributed by atoms with van der Waals surface area (Å²) in [5, 5.41) is 3.85. The summed E-state index contributed by atoms with van der Waals surface area (Å²) in [5.41, 5.74) is 3.79. The third kappa shape index (κ3) is 4.37. The normalized spacial score (nSPS) is 19.3. The van der Waals surface area contributed by atoms with Crippen molar-refractivity contribution >= 4 is 43.3 Å². The molecule has 0 N–H and O–H groups in total. The minimum absolute atomic E-state index is 0.216. The molecule has 3 atom stereocenters. The zero-order valence-corrected chi connectivity index (χ0v) is 24.1. The largest absolute Gasteiger partial charge is 0.427 e. The second-order valence-corrected chi connectivity index (χ2v) is 12.7. The molecule has 6 rings (SSSR count). The van der Waals surface area contributed by atoms with E-state index in [9.17, 15) is 9.59 Å². The lowest BCUT2D eigenvalue weighted by Crippen LogP contribution is -2.26. The van der Waals surface area contributed by atoms with Gasteiger partial charge in [0.25, 0.3) is 0 Å². The van der Waals surface area contributed by atoms with Gasteiger partial charge in [0.05, 0.1) is 11.8 Å². The summed E-state index contributed by atoms with van der Waals surface area (Å²) >= 11 is 0. The Morgan fingerprint density at radius 3 is 2.33 bits per heavy atom. The summed E-state index contributed by atoms with van der Waals surface area (Å²) in [6.45, 7) is 10.0. The lowest BCUT2D eigenvalue weighted by atomic mass is 10.0. The fraction of sp³-hybridized carbons (Fsp3) is 0.235. The van der Waals surface area contributed by atoms with Gasteiger partial charge in [0.15, 0.2) is 20.6 Å². The first kappa shape index (κ1) is 26.2. The molecule has 4 aromatic carbocycles. The number of rotatable bonds is 5. The molecule has 0 bridgehead atoms. The SMILES string of the molecule is Cc1cc(-[s+]2c(C)c(C)c3c4ccccc4ccc32)cc(C)c1OC(=O)CC1OC(C)(c2ccccc2)OC1=O. The van der Waals surface area contributed by atoms with Gasteiger partial charge >= 0.3 is 11.9 Å². The van der Waals surface area contributed by atoms with Gasteiger partial charge in [-0.15, -0.1) is 0 Å². The molecule has 5 aromatic rings. The summed E-state index contributed by atoms with van der Waals surface area (Å²) < 4.78 is 18.6. The summed E-state index contributed by atoms with van der Waals surface area (Å²) in [6, 6.07) is 26.4. The number of ether oxygens (including phenoxy) is 3. The van der Waals surface area contributed by atoms with E-state index in [-0.39, 0.29) is 16.9 Å². The van der Waals surface area contributed by atoms with Gasteiger partial charge < -0.3 is 14.2 Å². The van der Waals surface area contributed by atoms with E-state index in [1.165, 1.54) is 36.2 Å². The van der Waals surface area contributed by atoms with E-state index in [1.807, 2.05) is 44.2 Å². The van der Waals surface area contributed by atoms with Crippen molar-refractivity contribution in [2.45, 2.75) is 52.9 Å². The summed E-state index contributed by atoms with van der Waals surface area (Å²) in [7, 11) is -0.216. The van der Waals surface area contributed by atoms with Gasteiger partial charge in [-0.25, -0.2) is 4.79 Å². The van der Waals surface area contributed by atoms with Crippen LogP contribution >= 0.6 is 10.5 Å². The third-order valence-electron chi connectivity index (χ3n) is 7.78. The van der Waals surface area contributed by atoms with Gasteiger partial charge in [0.2, 0.25) is 5.79 Å². The Labute approximate surface area is 236 Å². The van der Waals surface area contributed by atoms with Crippen LogP contribution in [0.2, 0.25) is 0 Å². The number of thiophene rings is 1. The Bertz CT molecular complexity index is 1780. The maximum atomic E-state index is 13.0. The Kier molecular flexibility index (Phi) is 6.48. The first-order valence-electron chi connectivity index (χ1n) is 13.4. The van der Waals surface area contributed by atoms with Gasteiger partial charge in [-0.3, -0.25) is 4.79 Å². The second kappa shape index (κ2) is 9.88. The van der Waals surface area contributed by atoms with Crippen molar-refractivity contribution in [1.29, 1.82) is 0 Å². The minimum atomic E-state index is -1.23. The number of fused-ring (bicyclic) bond motifs is 3. The molecule has 1 aromatic heterocycles. The van der Waals surface area contributed by atoms with Crippen molar-refractivity contribution in [3.05, 3.63) is 106 Å². The van der Waals surface area contributed by atoms with Gasteiger partial charge in [-0.05, 0) is 54.8 Å². The van der Waals surface area contributed by atoms with Crippen LogP contribution in [0.25, 0.3) is 25.8 Å². The molecule has 0 amide bonds. The fourth-order valence-electron chi connectivity index (χ4n) is 5.70. The third-order valence-corrected chi connectivity index (χ3v) is 10.2. The van der Waals surface area contributed by atoms with E-state index in [1.54, 1.807) is 6.92 Å². The molecule has 0 saturated carbocycles. The first-order chi connectivity index (χ1) is 19.2. The Hall–Kier alpha value is -4.00. The molecule has 1 aliphatic heterocycles. The van der Waals surface area contributed by atoms with E-state index in [4.69, 9.17) is 14.2 Å². The van der Waals surface area contributed by atoms with Crippen molar-refractivity contribution in [3.63, 3.8) is 0 Å². The van der Waals surface area contributed by atoms with Gasteiger partial charge in [-0.2, -0.15) is 0 Å². The molecule has 1 saturated heterocycles. The Morgan fingerprint density at radius 2 is 1.60 bits per heavy atom. The maximum Gasteiger partial charge on any atom is 0.338 e. The van der Waals surface area contributed by atoms with E-state index < -0.39 is 23.8 Å². The quantitative estimate of drug-likeness (QED) is 0.126. The molecule has 6 heteroatoms. The van der Waals surface area contributed by atoms with Crippen LogP contribution in [0.4, 0.5) is 0 Å². The molecule has 5 nitrogen and oxygen atoms in total. The van der Waals surface area contributed by atoms with Crippen LogP contribution in [0, 0.1) is 27.7 Å². The topological polar surface area (TPSA) is 61.8 Å². The van der Waals surface area contributed by atoms with Crippen LogP contribution in [0.3, 0.4) is 0 Å². The molecular weight excluding hydrogens is 520 g/mol. The minimum Gasteiger partial charge on any atom is -0.427 e. The van der Waals surface area contributed by atoms with Crippen LogP contribution in [-0.2, 0) is 24.8 Å². The second-order valence-electron chi connectivity index (χ2n) is 10.6. The molecule has 3 unspecified atom stereocenters. The van der Waals surface area contributed by atoms with Gasteiger partial charge in [0, 0.05) is 47.6 Å². The zero-order valence-electron chi connectivity index (χ0n) is 23.2. The lowest BCUT2D eigenvalue weighted by molar-refractivity contribution is -0.174. The molecule has 1 fully saturated rings. The smallest absolute Gasteiger partial charge is 0.338 e. The van der Waals surface area contributed by atoms with E-state index in [0.717, 1.165) is 11.1 Å². The Morgan fingerprint density at radius 1 is 0.925 bits per heavy atom. The van der Waals surface area contributed by atoms with E-state index >= 15 is 0 Å². The van der Waals surface area contributed by atoms with Crippen molar-refractivity contribution in [2.75, 3.05) is 0 Å². The molecule has 202 valence electrons. The maximum absolute atomic E-state index is 13.0. The van der Waals surface area contributed by atoms with Crippen molar-refractivity contribution < 1.29 is 23.8 Å². The summed E-state index contributed by atoms with van der Waals surface area (Å²) in [4.78, 5) is 28.1. The fourth-order valence-corrected chi connectivity index (χ4v) is 8.30. The number of carbonyl (C=O) groups is 2. The summed E-state index contributed by atoms with van der Waals surface area (Å²) in [6.07, 6.45) is -1.26. The van der Waals surface area contributed by atoms with Crippen LogP contribution in [0.15, 0.2) is 78.9 Å². The van der Waals surface area contributed by atoms with Gasteiger partial charge in [-0.1, -0.05) is 54.6 Å². The highest BCUT2D eigenvalue weighted by atomic mass is 32.2. The Balaban J connectivity index is 1.26. The molecule has 40 heavy (non-hydrogen) atoms. The molecule has 2 heterocycles. The standard InChI is InChI=1S/C34H31O5S/c1-20-17-26(40-23(4)22(3)31-27-14-10-9-11-24(27)15-16-29(31)40)18-21(2)32(20)37-30(35)19-28-33(36)39-34(5,38-28)25-12-7-6-8-13-25/h6-18,28H,19H2,1-5H3/q+1. The molecule has 1 aliphatic rings. The van der Waals surface area contributed by atoms with Crippen LogP contribution < -0.4 is 4.74 Å². The lowest BCUT2D eigenvalue weighted by Gasteiger charge is -2.22. The van der Waals surface area contributed by atoms with E-state index in [2.05, 4.69) is 62.4 Å². The zero-order chi connectivity index (χ0) is 28.2. The van der Waals surface area contributed by atoms with Crippen LogP contribution in [-0.4, -0.2) is 18.0 Å². The number of cyclic esters (lactones) is 1.